The van der Waals surface area contributed by atoms with Gasteiger partial charge in [0.15, 0.2) is 0 Å². The lowest BCUT2D eigenvalue weighted by Gasteiger charge is -2.17. The molecular weight excluding hydrogens is 345 g/mol. The van der Waals surface area contributed by atoms with Gasteiger partial charge in [0, 0.05) is 25.2 Å². The lowest BCUT2D eigenvalue weighted by molar-refractivity contribution is 0.220. The number of para-hydroxylation sites is 2. The van der Waals surface area contributed by atoms with Crippen molar-refractivity contribution in [2.24, 2.45) is 5.92 Å². The third kappa shape index (κ3) is 3.81. The Balaban J connectivity index is 1.39. The lowest BCUT2D eigenvalue weighted by Crippen LogP contribution is -2.33. The van der Waals surface area contributed by atoms with E-state index in [2.05, 4.69) is 15.5 Å². The minimum atomic E-state index is -0.433. The van der Waals surface area contributed by atoms with Gasteiger partial charge in [-0.15, -0.1) is 10.2 Å². The molecule has 7 heteroatoms. The molecule has 0 radical (unpaired) electrons. The molecule has 1 fully saturated rings. The summed E-state index contributed by atoms with van der Waals surface area (Å²) in [6, 6.07) is 15.9. The van der Waals surface area contributed by atoms with Gasteiger partial charge in [-0.05, 0) is 36.6 Å². The zero-order valence-corrected chi connectivity index (χ0v) is 14.8. The van der Waals surface area contributed by atoms with Crippen LogP contribution in [0.4, 0.5) is 14.9 Å². The fourth-order valence-corrected chi connectivity index (χ4v) is 3.40. The van der Waals surface area contributed by atoms with E-state index in [4.69, 9.17) is 0 Å². The van der Waals surface area contributed by atoms with Crippen molar-refractivity contribution in [1.82, 2.24) is 19.7 Å². The molecule has 1 unspecified atom stereocenters. The molecule has 0 spiro atoms. The summed E-state index contributed by atoms with van der Waals surface area (Å²) in [7, 11) is 0. The molecule has 1 aromatic heterocycles. The molecule has 6 nitrogen and oxygen atoms in total. The van der Waals surface area contributed by atoms with Crippen LogP contribution in [-0.4, -0.2) is 38.8 Å². The first-order valence-electron chi connectivity index (χ1n) is 8.95. The summed E-state index contributed by atoms with van der Waals surface area (Å²) < 4.78 is 15.7. The molecule has 1 N–H and O–H groups in total. The van der Waals surface area contributed by atoms with E-state index in [0.29, 0.717) is 19.0 Å². The molecule has 0 aliphatic carbocycles. The SMILES string of the molecule is O=C(Nc1ccccc1F)N1CCC(Cc2nncn2-c2ccccc2)C1. The predicted molar refractivity (Wildman–Crippen MR) is 100 cm³/mol. The monoisotopic (exact) mass is 365 g/mol. The first-order valence-corrected chi connectivity index (χ1v) is 8.95. The summed E-state index contributed by atoms with van der Waals surface area (Å²) in [6.07, 6.45) is 3.33. The van der Waals surface area contributed by atoms with Crippen molar-refractivity contribution in [1.29, 1.82) is 0 Å². The van der Waals surface area contributed by atoms with Gasteiger partial charge in [0.1, 0.15) is 18.0 Å². The Kier molecular flexibility index (Phi) is 4.82. The highest BCUT2D eigenvalue weighted by Gasteiger charge is 2.28. The van der Waals surface area contributed by atoms with Crippen LogP contribution in [0.1, 0.15) is 12.2 Å². The van der Waals surface area contributed by atoms with Crippen molar-refractivity contribution in [2.75, 3.05) is 18.4 Å². The Morgan fingerprint density at radius 2 is 1.93 bits per heavy atom. The summed E-state index contributed by atoms with van der Waals surface area (Å²) in [5.74, 6) is 0.739. The molecule has 4 rings (SSSR count). The molecule has 3 aromatic rings. The summed E-state index contributed by atoms with van der Waals surface area (Å²) in [5, 5.41) is 10.9. The van der Waals surface area contributed by atoms with Gasteiger partial charge in [-0.2, -0.15) is 0 Å². The number of carbonyl (C=O) groups excluding carboxylic acids is 1. The summed E-state index contributed by atoms with van der Waals surface area (Å²) in [5.41, 5.74) is 1.22. The molecule has 1 aliphatic heterocycles. The highest BCUT2D eigenvalue weighted by Crippen LogP contribution is 2.23. The molecule has 0 bridgehead atoms. The van der Waals surface area contributed by atoms with Crippen LogP contribution in [-0.2, 0) is 6.42 Å². The van der Waals surface area contributed by atoms with Crippen LogP contribution in [0.5, 0.6) is 0 Å². The van der Waals surface area contributed by atoms with Gasteiger partial charge in [0.25, 0.3) is 0 Å². The second-order valence-electron chi connectivity index (χ2n) is 6.67. The first kappa shape index (κ1) is 17.2. The van der Waals surface area contributed by atoms with Crippen molar-refractivity contribution in [3.05, 3.63) is 72.6 Å². The fraction of sp³-hybridized carbons (Fsp3) is 0.250. The maximum absolute atomic E-state index is 13.7. The normalized spacial score (nSPS) is 16.5. The molecule has 1 atom stereocenters. The number of nitrogens with zero attached hydrogens (tertiary/aromatic N) is 4. The Labute approximate surface area is 156 Å². The maximum atomic E-state index is 13.7. The smallest absolute Gasteiger partial charge is 0.321 e. The number of hydrogen-bond acceptors (Lipinski definition) is 3. The van der Waals surface area contributed by atoms with Gasteiger partial charge in [-0.25, -0.2) is 9.18 Å². The number of aromatic nitrogens is 3. The van der Waals surface area contributed by atoms with Crippen LogP contribution < -0.4 is 5.32 Å². The molecule has 1 saturated heterocycles. The minimum absolute atomic E-state index is 0.203. The number of rotatable bonds is 4. The number of benzene rings is 2. The molecule has 0 saturated carbocycles. The second kappa shape index (κ2) is 7.57. The molecule has 138 valence electrons. The van der Waals surface area contributed by atoms with Crippen LogP contribution in [0.25, 0.3) is 5.69 Å². The molecule has 1 aliphatic rings. The number of halogens is 1. The van der Waals surface area contributed by atoms with Crippen LogP contribution >= 0.6 is 0 Å². The topological polar surface area (TPSA) is 63.1 Å². The average molecular weight is 365 g/mol. The zero-order chi connectivity index (χ0) is 18.6. The maximum Gasteiger partial charge on any atom is 0.321 e. The molecule has 2 aromatic carbocycles. The van der Waals surface area contributed by atoms with E-state index >= 15 is 0 Å². The first-order chi connectivity index (χ1) is 13.2. The highest BCUT2D eigenvalue weighted by atomic mass is 19.1. The van der Waals surface area contributed by atoms with Crippen molar-refractivity contribution < 1.29 is 9.18 Å². The van der Waals surface area contributed by atoms with E-state index in [-0.39, 0.29) is 11.7 Å². The third-order valence-corrected chi connectivity index (χ3v) is 4.81. The lowest BCUT2D eigenvalue weighted by atomic mass is 10.0. The number of amides is 2. The quantitative estimate of drug-likeness (QED) is 0.770. The summed E-state index contributed by atoms with van der Waals surface area (Å²) in [6.45, 7) is 1.26. The van der Waals surface area contributed by atoms with Gasteiger partial charge in [0.05, 0.1) is 5.69 Å². The second-order valence-corrected chi connectivity index (χ2v) is 6.67. The van der Waals surface area contributed by atoms with Crippen LogP contribution in [0, 0.1) is 11.7 Å². The van der Waals surface area contributed by atoms with Gasteiger partial charge >= 0.3 is 6.03 Å². The average Bonchev–Trinajstić information content (AvgIpc) is 3.34. The molecular formula is C20H20FN5O. The van der Waals surface area contributed by atoms with Gasteiger partial charge in [-0.1, -0.05) is 30.3 Å². The summed E-state index contributed by atoms with van der Waals surface area (Å²) >= 11 is 0. The third-order valence-electron chi connectivity index (χ3n) is 4.81. The van der Waals surface area contributed by atoms with E-state index < -0.39 is 5.82 Å². The van der Waals surface area contributed by atoms with Crippen molar-refractivity contribution in [2.45, 2.75) is 12.8 Å². The van der Waals surface area contributed by atoms with Gasteiger partial charge in [-0.3, -0.25) is 4.57 Å². The predicted octanol–water partition coefficient (Wildman–Crippen LogP) is 3.50. The highest BCUT2D eigenvalue weighted by molar-refractivity contribution is 5.89. The van der Waals surface area contributed by atoms with Crippen LogP contribution in [0.15, 0.2) is 60.9 Å². The Bertz CT molecular complexity index is 927. The van der Waals surface area contributed by atoms with Crippen molar-refractivity contribution >= 4 is 11.7 Å². The van der Waals surface area contributed by atoms with Crippen molar-refractivity contribution in [3.63, 3.8) is 0 Å². The van der Waals surface area contributed by atoms with Gasteiger partial charge < -0.3 is 10.2 Å². The Morgan fingerprint density at radius 1 is 1.15 bits per heavy atom. The Hall–Kier alpha value is -3.22. The van der Waals surface area contributed by atoms with E-state index in [1.807, 2.05) is 34.9 Å². The molecule has 2 heterocycles. The Morgan fingerprint density at radius 3 is 2.74 bits per heavy atom. The number of likely N-dealkylation sites (tertiary alicyclic amines) is 1. The fourth-order valence-electron chi connectivity index (χ4n) is 3.40. The molecule has 2 amide bonds. The van der Waals surface area contributed by atoms with Crippen LogP contribution in [0.3, 0.4) is 0 Å². The number of carbonyl (C=O) groups is 1. The van der Waals surface area contributed by atoms with E-state index in [1.54, 1.807) is 29.4 Å². The van der Waals surface area contributed by atoms with Crippen molar-refractivity contribution in [3.8, 4) is 5.69 Å². The zero-order valence-electron chi connectivity index (χ0n) is 14.8. The standard InChI is InChI=1S/C20H20FN5O/c21-17-8-4-5-9-18(17)23-20(27)25-11-10-15(13-25)12-19-24-22-14-26(19)16-6-2-1-3-7-16/h1-9,14-15H,10-13H2,(H,23,27). The van der Waals surface area contributed by atoms with E-state index in [0.717, 1.165) is 24.4 Å². The van der Waals surface area contributed by atoms with E-state index in [1.165, 1.54) is 6.07 Å². The summed E-state index contributed by atoms with van der Waals surface area (Å²) in [4.78, 5) is 14.1. The largest absolute Gasteiger partial charge is 0.324 e. The number of anilines is 1. The molecule has 27 heavy (non-hydrogen) atoms. The van der Waals surface area contributed by atoms with Crippen LogP contribution in [0.2, 0.25) is 0 Å². The number of urea groups is 1. The van der Waals surface area contributed by atoms with Gasteiger partial charge in [0.2, 0.25) is 0 Å². The minimum Gasteiger partial charge on any atom is -0.324 e. The number of hydrogen-bond donors (Lipinski definition) is 1. The number of nitrogens with one attached hydrogen (secondary N) is 1. The van der Waals surface area contributed by atoms with E-state index in [9.17, 15) is 9.18 Å².